The molecule has 29 heavy (non-hydrogen) atoms. The average Bonchev–Trinajstić information content (AvgIpc) is 2.68. The molecule has 2 rings (SSSR count). The molecule has 0 fully saturated rings. The van der Waals surface area contributed by atoms with Gasteiger partial charge in [-0.15, -0.1) is 0 Å². The van der Waals surface area contributed by atoms with Crippen LogP contribution in [0.5, 0.6) is 5.75 Å². The molecular weight excluding hydrogens is 388 g/mol. The first kappa shape index (κ1) is 22.7. The second-order valence-electron chi connectivity index (χ2n) is 6.93. The van der Waals surface area contributed by atoms with Crippen LogP contribution in [0.1, 0.15) is 30.5 Å². The topological polar surface area (TPSA) is 91.8 Å². The lowest BCUT2D eigenvalue weighted by molar-refractivity contribution is 0.414. The summed E-state index contributed by atoms with van der Waals surface area (Å²) in [4.78, 5) is 4.23. The van der Waals surface area contributed by atoms with Crippen LogP contribution in [-0.4, -0.2) is 34.6 Å². The van der Waals surface area contributed by atoms with E-state index in [9.17, 15) is 8.42 Å². The molecule has 0 saturated carbocycles. The lowest BCUT2D eigenvalue weighted by atomic mass is 10.1. The molecule has 0 radical (unpaired) electrons. The zero-order valence-corrected chi connectivity index (χ0v) is 18.2. The number of ether oxygens (including phenoxy) is 1. The van der Waals surface area contributed by atoms with Crippen LogP contribution < -0.4 is 20.1 Å². The van der Waals surface area contributed by atoms with E-state index in [1.54, 1.807) is 14.2 Å². The number of hydrogen-bond donors (Lipinski definition) is 3. The summed E-state index contributed by atoms with van der Waals surface area (Å²) in [6.45, 7) is 4.70. The summed E-state index contributed by atoms with van der Waals surface area (Å²) in [7, 11) is -0.0459. The minimum Gasteiger partial charge on any atom is -0.497 e. The summed E-state index contributed by atoms with van der Waals surface area (Å²) in [5.74, 6) is 1.40. The second-order valence-corrected chi connectivity index (χ2v) is 8.68. The Morgan fingerprint density at radius 3 is 2.21 bits per heavy atom. The molecule has 0 aliphatic carbocycles. The van der Waals surface area contributed by atoms with E-state index >= 15 is 0 Å². The van der Waals surface area contributed by atoms with Crippen LogP contribution in [0, 0.1) is 0 Å². The Morgan fingerprint density at radius 2 is 1.62 bits per heavy atom. The molecule has 7 nitrogen and oxygen atoms in total. The number of hydrogen-bond acceptors (Lipinski definition) is 4. The van der Waals surface area contributed by atoms with Crippen molar-refractivity contribution in [1.29, 1.82) is 0 Å². The first-order valence-electron chi connectivity index (χ1n) is 9.47. The summed E-state index contributed by atoms with van der Waals surface area (Å²) in [6, 6.07) is 15.2. The van der Waals surface area contributed by atoms with Gasteiger partial charge in [0.25, 0.3) is 0 Å². The van der Waals surface area contributed by atoms with Crippen LogP contribution in [0.4, 0.5) is 0 Å². The van der Waals surface area contributed by atoms with E-state index < -0.39 is 10.0 Å². The molecule has 0 saturated heterocycles. The Labute approximate surface area is 173 Å². The Bertz CT molecular complexity index is 910. The Hall–Kier alpha value is -2.58. The largest absolute Gasteiger partial charge is 0.497 e. The smallest absolute Gasteiger partial charge is 0.216 e. The maximum Gasteiger partial charge on any atom is 0.216 e. The van der Waals surface area contributed by atoms with Crippen LogP contribution in [-0.2, 0) is 28.9 Å². The van der Waals surface area contributed by atoms with E-state index in [-0.39, 0.29) is 11.8 Å². The van der Waals surface area contributed by atoms with Crippen molar-refractivity contribution in [2.24, 2.45) is 4.99 Å². The molecule has 0 aromatic heterocycles. The molecule has 8 heteroatoms. The van der Waals surface area contributed by atoms with Gasteiger partial charge in [-0.3, -0.25) is 4.99 Å². The average molecular weight is 419 g/mol. The second kappa shape index (κ2) is 10.8. The zero-order valence-electron chi connectivity index (χ0n) is 17.4. The monoisotopic (exact) mass is 418 g/mol. The molecule has 0 atom stereocenters. The third-order valence-electron chi connectivity index (χ3n) is 4.17. The van der Waals surface area contributed by atoms with E-state index in [2.05, 4.69) is 20.3 Å². The maximum atomic E-state index is 12.3. The highest BCUT2D eigenvalue weighted by Gasteiger charge is 2.15. The number of sulfonamides is 1. The van der Waals surface area contributed by atoms with Gasteiger partial charge in [0.15, 0.2) is 5.96 Å². The molecule has 0 bridgehead atoms. The predicted octanol–water partition coefficient (Wildman–Crippen LogP) is 2.39. The van der Waals surface area contributed by atoms with Crippen molar-refractivity contribution in [3.05, 3.63) is 65.2 Å². The molecule has 0 heterocycles. The highest BCUT2D eigenvalue weighted by molar-refractivity contribution is 7.88. The Balaban J connectivity index is 1.97. The summed E-state index contributed by atoms with van der Waals surface area (Å²) < 4.78 is 32.4. The first-order valence-corrected chi connectivity index (χ1v) is 11.1. The van der Waals surface area contributed by atoms with Crippen molar-refractivity contribution < 1.29 is 13.2 Å². The lowest BCUT2D eigenvalue weighted by Crippen LogP contribution is -2.36. The van der Waals surface area contributed by atoms with Crippen LogP contribution in [0.25, 0.3) is 0 Å². The van der Waals surface area contributed by atoms with E-state index in [0.29, 0.717) is 19.0 Å². The van der Waals surface area contributed by atoms with Gasteiger partial charge in [0.05, 0.1) is 12.9 Å². The van der Waals surface area contributed by atoms with Crippen molar-refractivity contribution in [2.75, 3.05) is 14.2 Å². The first-order chi connectivity index (χ1) is 13.8. The van der Waals surface area contributed by atoms with E-state index in [1.165, 1.54) is 0 Å². The third-order valence-corrected chi connectivity index (χ3v) is 5.69. The zero-order chi connectivity index (χ0) is 21.3. The summed E-state index contributed by atoms with van der Waals surface area (Å²) in [5.41, 5.74) is 2.77. The number of guanidine groups is 1. The van der Waals surface area contributed by atoms with Gasteiger partial charge in [0.2, 0.25) is 10.0 Å². The molecule has 2 aromatic rings. The van der Waals surface area contributed by atoms with Crippen LogP contribution in [0.3, 0.4) is 0 Å². The number of benzene rings is 2. The lowest BCUT2D eigenvalue weighted by Gasteiger charge is -2.15. The van der Waals surface area contributed by atoms with E-state index in [1.807, 2.05) is 62.4 Å². The molecule has 0 unspecified atom stereocenters. The van der Waals surface area contributed by atoms with E-state index in [4.69, 9.17) is 4.74 Å². The minimum absolute atomic E-state index is 0.0547. The molecule has 2 aromatic carbocycles. The summed E-state index contributed by atoms with van der Waals surface area (Å²) in [5, 5.41) is 6.50. The van der Waals surface area contributed by atoms with Gasteiger partial charge >= 0.3 is 0 Å². The van der Waals surface area contributed by atoms with Crippen LogP contribution in [0.2, 0.25) is 0 Å². The minimum atomic E-state index is -3.39. The third kappa shape index (κ3) is 7.75. The highest BCUT2D eigenvalue weighted by atomic mass is 32.2. The fourth-order valence-electron chi connectivity index (χ4n) is 2.80. The summed E-state index contributed by atoms with van der Waals surface area (Å²) >= 11 is 0. The van der Waals surface area contributed by atoms with Crippen molar-refractivity contribution in [3.63, 3.8) is 0 Å². The Kier molecular flexibility index (Phi) is 8.48. The quantitative estimate of drug-likeness (QED) is 0.430. The van der Waals surface area contributed by atoms with Gasteiger partial charge in [-0.25, -0.2) is 13.1 Å². The number of methoxy groups -OCH3 is 1. The number of nitrogens with zero attached hydrogens (tertiary/aromatic N) is 1. The van der Waals surface area contributed by atoms with Crippen LogP contribution in [0.15, 0.2) is 53.5 Å². The maximum absolute atomic E-state index is 12.3. The number of aliphatic imine (C=N–C) groups is 1. The molecular formula is C21H30N4O3S. The number of rotatable bonds is 9. The normalized spacial score (nSPS) is 12.1. The Morgan fingerprint density at radius 1 is 1.00 bits per heavy atom. The predicted molar refractivity (Wildman–Crippen MR) is 117 cm³/mol. The van der Waals surface area contributed by atoms with Crippen LogP contribution >= 0.6 is 0 Å². The SMILES string of the molecule is CN=C(NCc1ccc(OC)cc1)NCc1ccccc1CS(=O)(=O)NC(C)C. The van der Waals surface area contributed by atoms with Crippen molar-refractivity contribution in [2.45, 2.75) is 38.7 Å². The molecule has 0 spiro atoms. The van der Waals surface area contributed by atoms with Gasteiger partial charge in [-0.1, -0.05) is 36.4 Å². The van der Waals surface area contributed by atoms with Crippen molar-refractivity contribution in [1.82, 2.24) is 15.4 Å². The molecule has 0 aliphatic heterocycles. The molecule has 0 amide bonds. The van der Waals surface area contributed by atoms with Gasteiger partial charge in [-0.05, 0) is 42.7 Å². The van der Waals surface area contributed by atoms with E-state index in [0.717, 1.165) is 22.4 Å². The standard InChI is InChI=1S/C21H30N4O3S/c1-16(2)25-29(26,27)15-19-8-6-5-7-18(19)14-24-21(22-3)23-13-17-9-11-20(28-4)12-10-17/h5-12,16,25H,13-15H2,1-4H3,(H2,22,23,24). The van der Waals surface area contributed by atoms with Crippen molar-refractivity contribution in [3.8, 4) is 5.75 Å². The van der Waals surface area contributed by atoms with Gasteiger partial charge in [-0.2, -0.15) is 0 Å². The van der Waals surface area contributed by atoms with Gasteiger partial charge in [0, 0.05) is 26.2 Å². The molecule has 0 aliphatic rings. The fourth-order valence-corrected chi connectivity index (χ4v) is 4.30. The van der Waals surface area contributed by atoms with Crippen molar-refractivity contribution >= 4 is 16.0 Å². The summed E-state index contributed by atoms with van der Waals surface area (Å²) in [6.07, 6.45) is 0. The highest BCUT2D eigenvalue weighted by Crippen LogP contribution is 2.13. The molecule has 158 valence electrons. The molecule has 3 N–H and O–H groups in total. The van der Waals surface area contributed by atoms with Gasteiger partial charge in [0.1, 0.15) is 5.75 Å². The number of nitrogens with one attached hydrogen (secondary N) is 3. The van der Waals surface area contributed by atoms with Gasteiger partial charge < -0.3 is 15.4 Å². The fraction of sp³-hybridized carbons (Fsp3) is 0.381.